The number of pyridine rings is 1. The SMILES string of the molecule is CC1(C)CCC(CN2CCN(c3ccc(C(=O)NS(=O)(=O)c4ccc(NCC5CCN(C6CCN(CCCCCCC#Cc7cccc8c7C(=O)N(C7CCC(=O)NC7=O)C8=O)CC6)CC5)c([N+](=O)[O-])c4)c(Oc4cnc5[nH]ccc5c4)c3)CC2)=C(c2ccc(Cl)cc2)C1. The van der Waals surface area contributed by atoms with Gasteiger partial charge in [-0.2, -0.15) is 0 Å². The van der Waals surface area contributed by atoms with Gasteiger partial charge >= 0.3 is 0 Å². The van der Waals surface area contributed by atoms with Crippen LogP contribution in [0.3, 0.4) is 0 Å². The Balaban J connectivity index is 0.593. The van der Waals surface area contributed by atoms with Crippen molar-refractivity contribution in [2.45, 2.75) is 121 Å². The fourth-order valence-corrected chi connectivity index (χ4v) is 15.3. The summed E-state index contributed by atoms with van der Waals surface area (Å²) in [4.78, 5) is 94.8. The van der Waals surface area contributed by atoms with Crippen molar-refractivity contribution >= 4 is 84.8 Å². The number of imide groups is 2. The number of hydrogen-bond acceptors (Lipinski definition) is 16. The van der Waals surface area contributed by atoms with Gasteiger partial charge < -0.3 is 29.7 Å². The first-order valence-electron chi connectivity index (χ1n) is 32.9. The monoisotopic (exact) mass is 1310 g/mol. The van der Waals surface area contributed by atoms with Crippen molar-refractivity contribution in [2.24, 2.45) is 11.3 Å². The van der Waals surface area contributed by atoms with Crippen LogP contribution in [0.25, 0.3) is 16.6 Å². The van der Waals surface area contributed by atoms with Gasteiger partial charge in [0.1, 0.15) is 28.9 Å². The second-order valence-corrected chi connectivity index (χ2v) is 28.6. The standard InChI is InChI=1S/C71H80ClN11O10S/c1-71(2)29-23-51(59(43-71)48-13-15-52(72)16-14-48)46-79-36-38-81(39-37-79)54-17-19-57(63(41-54)93-55-40-50-24-30-73-66(50)75-45-55)67(85)77-94(91,92)56-18-20-60(62(42-56)83(89)90)74-44-47-25-34-80(35-26-47)53-27-32-78(33-28-53)31-8-6-4-3-5-7-10-49-11-9-12-58-65(49)70(88)82(69(58)87)61-21-22-64(84)76-68(61)86/h9,11-20,24,30,40-42,45,47,53,61,74H,3-6,8,21-23,25-29,31-39,43-44,46H2,1-2H3,(H,73,75)(H,77,85)(H,76,84,86). The van der Waals surface area contributed by atoms with E-state index in [0.29, 0.717) is 49.1 Å². The molecule has 492 valence electrons. The predicted octanol–water partition coefficient (Wildman–Crippen LogP) is 10.8. The molecule has 0 spiro atoms. The van der Waals surface area contributed by atoms with Crippen molar-refractivity contribution in [1.82, 2.24) is 39.6 Å². The Morgan fingerprint density at radius 3 is 2.38 bits per heavy atom. The molecule has 23 heteroatoms. The number of aromatic nitrogens is 2. The molecule has 21 nitrogen and oxygen atoms in total. The van der Waals surface area contributed by atoms with E-state index in [-0.39, 0.29) is 52.3 Å². The number of allylic oxidation sites excluding steroid dienone is 1. The summed E-state index contributed by atoms with van der Waals surface area (Å²) in [5.41, 5.74) is 6.38. The minimum absolute atomic E-state index is 0.0481. The molecule has 0 radical (unpaired) electrons. The molecule has 5 amide bonds. The number of fused-ring (bicyclic) bond motifs is 2. The number of unbranched alkanes of at least 4 members (excludes halogenated alkanes) is 4. The molecule has 4 saturated heterocycles. The van der Waals surface area contributed by atoms with Gasteiger partial charge in [0.05, 0.1) is 32.7 Å². The molecule has 1 atom stereocenters. The second-order valence-electron chi connectivity index (χ2n) is 26.5. The van der Waals surface area contributed by atoms with Crippen molar-refractivity contribution in [3.05, 3.63) is 152 Å². The van der Waals surface area contributed by atoms with Crippen LogP contribution >= 0.6 is 11.6 Å². The average Bonchev–Trinajstić information content (AvgIpc) is 1.58. The van der Waals surface area contributed by atoms with Gasteiger partial charge in [-0.05, 0) is 180 Å². The van der Waals surface area contributed by atoms with Crippen LogP contribution < -0.4 is 25.0 Å². The third kappa shape index (κ3) is 15.2. The zero-order valence-electron chi connectivity index (χ0n) is 53.2. The Morgan fingerprint density at radius 1 is 0.840 bits per heavy atom. The lowest BCUT2D eigenvalue weighted by Crippen LogP contribution is -2.54. The fraction of sp³-hybridized carbons (Fsp3) is 0.437. The van der Waals surface area contributed by atoms with Crippen molar-refractivity contribution in [3.8, 4) is 23.3 Å². The zero-order chi connectivity index (χ0) is 65.7. The van der Waals surface area contributed by atoms with Gasteiger partial charge in [0.25, 0.3) is 33.4 Å². The van der Waals surface area contributed by atoms with Crippen LogP contribution in [-0.2, 0) is 19.6 Å². The molecule has 1 unspecified atom stereocenters. The van der Waals surface area contributed by atoms with E-state index >= 15 is 0 Å². The number of benzene rings is 4. The van der Waals surface area contributed by atoms with Crippen molar-refractivity contribution < 1.29 is 42.1 Å². The molecule has 4 fully saturated rings. The van der Waals surface area contributed by atoms with E-state index in [9.17, 15) is 42.5 Å². The first kappa shape index (κ1) is 65.6. The number of amides is 5. The molecular formula is C71H80ClN11O10S. The Labute approximate surface area is 553 Å². The summed E-state index contributed by atoms with van der Waals surface area (Å²) in [6.07, 6.45) is 15.4. The molecule has 1 aliphatic carbocycles. The first-order chi connectivity index (χ1) is 45.3. The molecular weight excluding hydrogens is 1230 g/mol. The minimum Gasteiger partial charge on any atom is -0.455 e. The van der Waals surface area contributed by atoms with Crippen LogP contribution in [0.15, 0.2) is 114 Å². The molecule has 2 aromatic heterocycles. The van der Waals surface area contributed by atoms with E-state index < -0.39 is 61.1 Å². The van der Waals surface area contributed by atoms with Crippen LogP contribution in [0.5, 0.6) is 11.5 Å². The Kier molecular flexibility index (Phi) is 20.0. The van der Waals surface area contributed by atoms with Gasteiger partial charge in [0, 0.05) is 98.1 Å². The Morgan fingerprint density at radius 2 is 1.62 bits per heavy atom. The Hall–Kier alpha value is -8.46. The van der Waals surface area contributed by atoms with Crippen LogP contribution in [0, 0.1) is 33.3 Å². The zero-order valence-corrected chi connectivity index (χ0v) is 54.8. The van der Waals surface area contributed by atoms with E-state index in [4.69, 9.17) is 16.3 Å². The summed E-state index contributed by atoms with van der Waals surface area (Å²) < 4.78 is 36.6. The second kappa shape index (κ2) is 28.6. The number of piperidine rings is 3. The van der Waals surface area contributed by atoms with Gasteiger partial charge in [0.2, 0.25) is 11.8 Å². The molecule has 6 aromatic rings. The number of nitro benzene ring substituents is 1. The van der Waals surface area contributed by atoms with E-state index in [1.165, 1.54) is 35.0 Å². The van der Waals surface area contributed by atoms with E-state index in [1.807, 2.05) is 18.2 Å². The molecule has 6 aliphatic rings. The minimum atomic E-state index is -4.62. The normalized spacial score (nSPS) is 19.5. The lowest BCUT2D eigenvalue weighted by Gasteiger charge is -2.42. The quantitative estimate of drug-likeness (QED) is 0.0172. The van der Waals surface area contributed by atoms with Crippen molar-refractivity contribution in [2.75, 3.05) is 82.2 Å². The number of nitrogens with one attached hydrogen (secondary N) is 4. The van der Waals surface area contributed by atoms with Crippen LogP contribution in [0.1, 0.15) is 146 Å². The highest BCUT2D eigenvalue weighted by atomic mass is 35.5. The largest absolute Gasteiger partial charge is 0.455 e. The van der Waals surface area contributed by atoms with Crippen molar-refractivity contribution in [1.29, 1.82) is 0 Å². The van der Waals surface area contributed by atoms with Gasteiger partial charge in [-0.3, -0.25) is 49.2 Å². The summed E-state index contributed by atoms with van der Waals surface area (Å²) in [6, 6.07) is 25.0. The highest BCUT2D eigenvalue weighted by molar-refractivity contribution is 7.90. The molecule has 0 saturated carbocycles. The third-order valence-corrected chi connectivity index (χ3v) is 21.1. The van der Waals surface area contributed by atoms with Gasteiger partial charge in [0.15, 0.2) is 0 Å². The van der Waals surface area contributed by atoms with Gasteiger partial charge in [-0.1, -0.05) is 73.9 Å². The summed E-state index contributed by atoms with van der Waals surface area (Å²) >= 11 is 6.28. The van der Waals surface area contributed by atoms with Crippen LogP contribution in [0.2, 0.25) is 5.02 Å². The maximum atomic E-state index is 14.2. The molecule has 5 aliphatic heterocycles. The summed E-state index contributed by atoms with van der Waals surface area (Å²) in [7, 11) is -4.62. The lowest BCUT2D eigenvalue weighted by atomic mass is 9.72. The topological polar surface area (TPSA) is 253 Å². The smallest absolute Gasteiger partial charge is 0.293 e. The van der Waals surface area contributed by atoms with Gasteiger partial charge in [-0.15, -0.1) is 0 Å². The number of hydrogen-bond donors (Lipinski definition) is 4. The average molecular weight is 1320 g/mol. The number of sulfonamides is 1. The first-order valence-corrected chi connectivity index (χ1v) is 34.8. The van der Waals surface area contributed by atoms with E-state index in [1.54, 1.807) is 48.7 Å². The number of carbonyl (C=O) groups is 5. The molecule has 12 rings (SSSR count). The number of anilines is 2. The maximum Gasteiger partial charge on any atom is 0.293 e. The summed E-state index contributed by atoms with van der Waals surface area (Å²) in [5.74, 6) is 3.87. The third-order valence-electron chi connectivity index (χ3n) is 19.6. The number of aromatic amines is 1. The molecule has 0 bridgehead atoms. The number of nitrogens with zero attached hydrogens (tertiary/aromatic N) is 7. The maximum absolute atomic E-state index is 14.2. The molecule has 4 N–H and O–H groups in total. The van der Waals surface area contributed by atoms with Crippen LogP contribution in [-0.4, -0.2) is 157 Å². The Bertz CT molecular complexity index is 4100. The lowest BCUT2D eigenvalue weighted by molar-refractivity contribution is -0.384. The van der Waals surface area contributed by atoms with Crippen LogP contribution in [0.4, 0.5) is 17.1 Å². The number of rotatable bonds is 21. The van der Waals surface area contributed by atoms with E-state index in [2.05, 4.69) is 82.7 Å². The number of piperazine rings is 1. The highest BCUT2D eigenvalue weighted by Gasteiger charge is 2.46. The highest BCUT2D eigenvalue weighted by Crippen LogP contribution is 2.44. The number of nitro groups is 1. The van der Waals surface area contributed by atoms with Gasteiger partial charge in [-0.25, -0.2) is 18.1 Å². The molecule has 7 heterocycles. The van der Waals surface area contributed by atoms with E-state index in [0.717, 1.165) is 150 Å². The number of likely N-dealkylation sites (tertiary alicyclic amines) is 2. The van der Waals surface area contributed by atoms with Crippen molar-refractivity contribution in [3.63, 3.8) is 0 Å². The predicted molar refractivity (Wildman–Crippen MR) is 360 cm³/mol. The fourth-order valence-electron chi connectivity index (χ4n) is 14.2. The molecule has 94 heavy (non-hydrogen) atoms. The number of carbonyl (C=O) groups excluding carboxylic acids is 5. The summed E-state index contributed by atoms with van der Waals surface area (Å²) in [6.45, 7) is 14.0. The molecule has 4 aromatic carbocycles. The number of H-pyrrole nitrogens is 1. The summed E-state index contributed by atoms with van der Waals surface area (Å²) in [5, 5.41) is 19.5. The number of ether oxygens (including phenoxy) is 1. The number of halogens is 1.